The van der Waals surface area contributed by atoms with E-state index in [0.29, 0.717) is 54.9 Å². The number of anilines is 1. The zero-order chi connectivity index (χ0) is 53.5. The summed E-state index contributed by atoms with van der Waals surface area (Å²) in [4.78, 5) is 79.9. The number of aliphatic hydroxyl groups excluding tert-OH is 1. The number of carbonyl (C=O) groups excluding carboxylic acids is 5. The van der Waals surface area contributed by atoms with Gasteiger partial charge in [0.1, 0.15) is 12.1 Å². The van der Waals surface area contributed by atoms with Gasteiger partial charge in [-0.3, -0.25) is 29.3 Å². The van der Waals surface area contributed by atoms with Crippen LogP contribution in [0.15, 0.2) is 102 Å². The number of esters is 1. The average molecular weight is 1030 g/mol. The number of aliphatic hydroxyl groups is 1. The number of non-ortho nitro benzene ring substituents is 1. The van der Waals surface area contributed by atoms with Crippen molar-refractivity contribution in [2.75, 3.05) is 39.2 Å². The Bertz CT molecular complexity index is 2660. The van der Waals surface area contributed by atoms with Crippen LogP contribution in [-0.4, -0.2) is 109 Å². The predicted octanol–water partition coefficient (Wildman–Crippen LogP) is 7.37. The molecule has 0 radical (unpaired) electrons. The fourth-order valence-electron chi connectivity index (χ4n) is 8.45. The maximum atomic E-state index is 14.2. The van der Waals surface area contributed by atoms with E-state index in [-0.39, 0.29) is 55.3 Å². The number of nitrogens with zero attached hydrogens (tertiary/aromatic N) is 3. The molecule has 3 N–H and O–H groups in total. The van der Waals surface area contributed by atoms with Gasteiger partial charge in [0.15, 0.2) is 11.5 Å². The summed E-state index contributed by atoms with van der Waals surface area (Å²) in [5.74, 6) is -2.13. The molecule has 4 aromatic rings. The van der Waals surface area contributed by atoms with E-state index in [0.717, 1.165) is 39.7 Å². The largest absolute Gasteiger partial charge is 0.493 e. The molecule has 1 fully saturated rings. The summed E-state index contributed by atoms with van der Waals surface area (Å²) < 4.78 is 46.0. The third-order valence-corrected chi connectivity index (χ3v) is 14.9. The van der Waals surface area contributed by atoms with E-state index >= 15 is 0 Å². The summed E-state index contributed by atoms with van der Waals surface area (Å²) >= 11 is 0. The molecule has 73 heavy (non-hydrogen) atoms. The summed E-state index contributed by atoms with van der Waals surface area (Å²) in [7, 11) is -1.18. The van der Waals surface area contributed by atoms with Crippen LogP contribution in [0.4, 0.5) is 11.4 Å². The smallest absolute Gasteiger partial charge is 0.329 e. The molecular formula is C54H69N5O13S. The second-order valence-electron chi connectivity index (χ2n) is 19.3. The molecule has 1 saturated heterocycles. The topological polar surface area (TPSA) is 241 Å². The highest BCUT2D eigenvalue weighted by molar-refractivity contribution is 7.89. The lowest BCUT2D eigenvalue weighted by Gasteiger charge is -2.36. The Balaban J connectivity index is 1.31. The first-order valence-electron chi connectivity index (χ1n) is 24.6. The maximum Gasteiger partial charge on any atom is 0.329 e. The van der Waals surface area contributed by atoms with Gasteiger partial charge in [0.05, 0.1) is 36.2 Å². The zero-order valence-corrected chi connectivity index (χ0v) is 43.5. The average Bonchev–Trinajstić information content (AvgIpc) is 3.38. The number of piperidine rings is 1. The van der Waals surface area contributed by atoms with Crippen molar-refractivity contribution in [2.24, 2.45) is 11.3 Å². The Kier molecular flexibility index (Phi) is 20.6. The van der Waals surface area contributed by atoms with Gasteiger partial charge in [-0.25, -0.2) is 13.2 Å². The van der Waals surface area contributed by atoms with E-state index in [9.17, 15) is 47.6 Å². The molecule has 0 unspecified atom stereocenters. The van der Waals surface area contributed by atoms with Gasteiger partial charge >= 0.3 is 5.97 Å². The summed E-state index contributed by atoms with van der Waals surface area (Å²) in [6, 6.07) is 23.7. The molecule has 5 rings (SSSR count). The van der Waals surface area contributed by atoms with Crippen LogP contribution < -0.4 is 20.1 Å². The lowest BCUT2D eigenvalue weighted by Crippen LogP contribution is -2.53. The quantitative estimate of drug-likeness (QED) is 0.0241. The molecule has 0 aliphatic carbocycles. The van der Waals surface area contributed by atoms with Gasteiger partial charge in [-0.1, -0.05) is 83.1 Å². The van der Waals surface area contributed by atoms with Gasteiger partial charge < -0.3 is 34.9 Å². The number of hydrogen-bond acceptors (Lipinski definition) is 13. The fourth-order valence-corrected chi connectivity index (χ4v) is 10.1. The summed E-state index contributed by atoms with van der Waals surface area (Å²) in [6.07, 6.45) is 0.0601. The first-order chi connectivity index (χ1) is 34.7. The van der Waals surface area contributed by atoms with Crippen LogP contribution in [0.3, 0.4) is 0 Å². The number of carbonyl (C=O) groups is 5. The fraction of sp³-hybridized carbons (Fsp3) is 0.463. The Hall–Kier alpha value is -6.70. The molecule has 4 aromatic carbocycles. The van der Waals surface area contributed by atoms with Crippen molar-refractivity contribution < 1.29 is 56.6 Å². The molecule has 0 spiro atoms. The van der Waals surface area contributed by atoms with E-state index in [4.69, 9.17) is 14.2 Å². The number of ether oxygens (including phenoxy) is 3. The number of nitro benzene ring substituents is 1. The first-order valence-corrected chi connectivity index (χ1v) is 26.0. The molecule has 0 saturated carbocycles. The van der Waals surface area contributed by atoms with E-state index < -0.39 is 80.7 Å². The van der Waals surface area contributed by atoms with Gasteiger partial charge in [-0.2, -0.15) is 4.31 Å². The molecule has 1 heterocycles. The molecule has 1 aliphatic rings. The van der Waals surface area contributed by atoms with Gasteiger partial charge in [-0.05, 0) is 104 Å². The van der Waals surface area contributed by atoms with Gasteiger partial charge in [0, 0.05) is 55.7 Å². The lowest BCUT2D eigenvalue weighted by atomic mass is 9.84. The number of sulfonamides is 1. The van der Waals surface area contributed by atoms with Gasteiger partial charge in [0.25, 0.3) is 11.6 Å². The molecule has 1 aliphatic heterocycles. The Morgan fingerprint density at radius 1 is 0.863 bits per heavy atom. The normalized spacial score (nSPS) is 15.2. The van der Waals surface area contributed by atoms with Crippen LogP contribution in [0, 0.1) is 21.4 Å². The molecule has 18 nitrogen and oxygen atoms in total. The zero-order valence-electron chi connectivity index (χ0n) is 42.7. The monoisotopic (exact) mass is 1030 g/mol. The molecule has 0 aromatic heterocycles. The highest BCUT2D eigenvalue weighted by Gasteiger charge is 2.41. The minimum atomic E-state index is -4.25. The maximum absolute atomic E-state index is 14.2. The van der Waals surface area contributed by atoms with Gasteiger partial charge in [-0.15, -0.1) is 0 Å². The van der Waals surface area contributed by atoms with Crippen LogP contribution >= 0.6 is 0 Å². The van der Waals surface area contributed by atoms with Crippen molar-refractivity contribution in [3.05, 3.63) is 124 Å². The van der Waals surface area contributed by atoms with Crippen molar-refractivity contribution >= 4 is 50.9 Å². The second kappa shape index (κ2) is 26.3. The number of Topliss-reactive ketones (excluding diaryl/α,β-unsaturated/α-hetero) is 1. The van der Waals surface area contributed by atoms with Crippen molar-refractivity contribution in [2.45, 2.75) is 122 Å². The number of benzene rings is 4. The van der Waals surface area contributed by atoms with Crippen molar-refractivity contribution in [3.8, 4) is 11.5 Å². The van der Waals surface area contributed by atoms with Crippen LogP contribution in [0.25, 0.3) is 0 Å². The number of likely N-dealkylation sites (tertiary alicyclic amines) is 1. The number of nitro groups is 1. The SMILES string of the molecule is CCC(C)(C)C(=O)C(=O)N1CCCC[C@H]1C(=O)O[C@H](CCc1ccc(OC)c(OC)c1)c1cccc(NC(=O)CCC(=O)N[C@@H](Cc2ccccc2)[C@H](O)CN(CC(C)C)S(=O)(=O)c2ccc([N+](=O)[O-])cc2)c1. The number of nitrogens with one attached hydrogen (secondary N) is 2. The lowest BCUT2D eigenvalue weighted by molar-refractivity contribution is -0.384. The minimum absolute atomic E-state index is 0.00483. The molecule has 19 heteroatoms. The van der Waals surface area contributed by atoms with Gasteiger partial charge in [0.2, 0.25) is 27.6 Å². The Labute approximate surface area is 428 Å². The summed E-state index contributed by atoms with van der Waals surface area (Å²) in [6.45, 7) is 8.69. The Morgan fingerprint density at radius 2 is 1.55 bits per heavy atom. The first kappa shape index (κ1) is 57.2. The molecule has 3 amide bonds. The standard InChI is InChI=1S/C54H69N5O13S/c1-8-54(4,5)51(63)52(64)58-30-13-12-19-44(58)53(65)72-46(26-20-38-21-27-47(70-6)48(32-38)71-7)39-17-14-18-40(33-39)55-49(61)28-29-50(62)56-43(31-37-15-10-9-11-16-37)45(60)35-57(34-36(2)3)73(68,69)42-24-22-41(23-25-42)59(66)67/h9-11,14-18,21-25,27,32-33,36,43-46,60H,8,12-13,19-20,26,28-31,34-35H2,1-7H3,(H,55,61)(H,56,62)/t43-,44-,45+,46+/m0/s1. The molecule has 394 valence electrons. The van der Waals surface area contributed by atoms with Crippen LogP contribution in [0.1, 0.15) is 102 Å². The summed E-state index contributed by atoms with van der Waals surface area (Å²) in [5, 5.41) is 28.6. The molecule has 0 bridgehead atoms. The third kappa shape index (κ3) is 15.9. The summed E-state index contributed by atoms with van der Waals surface area (Å²) in [5.41, 5.74) is 1.33. The highest BCUT2D eigenvalue weighted by atomic mass is 32.2. The van der Waals surface area contributed by atoms with Crippen LogP contribution in [0.2, 0.25) is 0 Å². The number of amides is 3. The highest BCUT2D eigenvalue weighted by Crippen LogP contribution is 2.33. The van der Waals surface area contributed by atoms with E-state index in [1.807, 2.05) is 25.1 Å². The molecule has 4 atom stereocenters. The van der Waals surface area contributed by atoms with Crippen molar-refractivity contribution in [3.63, 3.8) is 0 Å². The predicted molar refractivity (Wildman–Crippen MR) is 274 cm³/mol. The number of hydrogen-bond donors (Lipinski definition) is 3. The van der Waals surface area contributed by atoms with Crippen LogP contribution in [-0.2, 0) is 51.6 Å². The van der Waals surface area contributed by atoms with Crippen molar-refractivity contribution in [1.82, 2.24) is 14.5 Å². The Morgan fingerprint density at radius 3 is 2.19 bits per heavy atom. The third-order valence-electron chi connectivity index (χ3n) is 13.0. The van der Waals surface area contributed by atoms with E-state index in [2.05, 4.69) is 10.6 Å². The number of aryl methyl sites for hydroxylation is 1. The van der Waals surface area contributed by atoms with E-state index in [1.54, 1.807) is 82.3 Å². The number of methoxy groups -OCH3 is 2. The van der Waals surface area contributed by atoms with Crippen LogP contribution in [0.5, 0.6) is 11.5 Å². The minimum Gasteiger partial charge on any atom is -0.493 e. The van der Waals surface area contributed by atoms with E-state index in [1.165, 1.54) is 19.1 Å². The second-order valence-corrected chi connectivity index (χ2v) is 21.2. The van der Waals surface area contributed by atoms with Crippen molar-refractivity contribution in [1.29, 1.82) is 0 Å². The molecular weight excluding hydrogens is 959 g/mol. The number of ketones is 1. The number of rotatable bonds is 26.